The molecule has 0 amide bonds. The average molecular weight is 212 g/mol. The van der Waals surface area contributed by atoms with Gasteiger partial charge in [0, 0.05) is 12.6 Å². The van der Waals surface area contributed by atoms with Crippen LogP contribution in [0.1, 0.15) is 26.2 Å². The molecule has 3 aliphatic rings. The molecule has 2 nitrogen and oxygen atoms in total. The average Bonchev–Trinajstić information content (AvgIpc) is 2.75. The molecular weight excluding hydrogens is 192 g/mol. The van der Waals surface area contributed by atoms with Crippen LogP contribution in [0.4, 0.5) is 0 Å². The van der Waals surface area contributed by atoms with Gasteiger partial charge in [0.05, 0.1) is 4.87 Å². The number of hydrogen-bond donors (Lipinski definition) is 1. The third kappa shape index (κ3) is 1.33. The van der Waals surface area contributed by atoms with E-state index in [9.17, 15) is 0 Å². The minimum atomic E-state index is 0.447. The summed E-state index contributed by atoms with van der Waals surface area (Å²) in [6, 6.07) is 0.847. The van der Waals surface area contributed by atoms with E-state index in [1.165, 1.54) is 44.6 Å². The first kappa shape index (κ1) is 9.49. The predicted molar refractivity (Wildman–Crippen MR) is 61.6 cm³/mol. The molecule has 3 unspecified atom stereocenters. The second-order valence-electron chi connectivity index (χ2n) is 5.13. The van der Waals surface area contributed by atoms with Crippen LogP contribution in [0.3, 0.4) is 0 Å². The topological polar surface area (TPSA) is 15.3 Å². The van der Waals surface area contributed by atoms with Crippen LogP contribution >= 0.6 is 11.8 Å². The SMILES string of the molecule is CC1CNC2(CCN3CCCC32)SC1. The monoisotopic (exact) mass is 212 g/mol. The maximum atomic E-state index is 3.84. The number of fused-ring (bicyclic) bond motifs is 2. The van der Waals surface area contributed by atoms with E-state index in [2.05, 4.69) is 28.9 Å². The van der Waals surface area contributed by atoms with Crippen molar-refractivity contribution in [3.05, 3.63) is 0 Å². The highest BCUT2D eigenvalue weighted by Crippen LogP contribution is 2.45. The fourth-order valence-electron chi connectivity index (χ4n) is 3.22. The normalized spacial score (nSPS) is 48.6. The molecule has 3 fully saturated rings. The van der Waals surface area contributed by atoms with Crippen molar-refractivity contribution in [3.8, 4) is 0 Å². The number of hydrogen-bond acceptors (Lipinski definition) is 3. The van der Waals surface area contributed by atoms with E-state index in [1.54, 1.807) is 0 Å². The van der Waals surface area contributed by atoms with Crippen LogP contribution in [-0.2, 0) is 0 Å². The summed E-state index contributed by atoms with van der Waals surface area (Å²) in [6.45, 7) is 6.27. The van der Waals surface area contributed by atoms with Gasteiger partial charge in [0.15, 0.2) is 0 Å². The molecule has 3 rings (SSSR count). The lowest BCUT2D eigenvalue weighted by Crippen LogP contribution is -2.54. The zero-order valence-electron chi connectivity index (χ0n) is 8.96. The van der Waals surface area contributed by atoms with E-state index in [0.29, 0.717) is 4.87 Å². The molecule has 1 spiro atoms. The minimum absolute atomic E-state index is 0.447. The summed E-state index contributed by atoms with van der Waals surface area (Å²) in [6.07, 6.45) is 4.22. The summed E-state index contributed by atoms with van der Waals surface area (Å²) in [5.74, 6) is 2.22. The summed E-state index contributed by atoms with van der Waals surface area (Å²) >= 11 is 2.20. The van der Waals surface area contributed by atoms with Crippen molar-refractivity contribution in [1.82, 2.24) is 10.2 Å². The van der Waals surface area contributed by atoms with Gasteiger partial charge in [0.2, 0.25) is 0 Å². The van der Waals surface area contributed by atoms with Crippen LogP contribution in [0.5, 0.6) is 0 Å². The Morgan fingerprint density at radius 1 is 1.43 bits per heavy atom. The van der Waals surface area contributed by atoms with Crippen LogP contribution in [-0.4, -0.2) is 41.2 Å². The van der Waals surface area contributed by atoms with Gasteiger partial charge < -0.3 is 5.32 Å². The van der Waals surface area contributed by atoms with Crippen LogP contribution in [0.2, 0.25) is 0 Å². The highest BCUT2D eigenvalue weighted by Gasteiger charge is 2.50. The standard InChI is InChI=1S/C11H20N2S/c1-9-7-12-11(14-8-9)4-6-13-5-2-3-10(11)13/h9-10,12H,2-8H2,1H3. The van der Waals surface area contributed by atoms with E-state index in [-0.39, 0.29) is 0 Å². The molecular formula is C11H20N2S. The van der Waals surface area contributed by atoms with Gasteiger partial charge in [-0.2, -0.15) is 0 Å². The van der Waals surface area contributed by atoms with E-state index < -0.39 is 0 Å². The molecule has 3 saturated heterocycles. The lowest BCUT2D eigenvalue weighted by molar-refractivity contribution is 0.276. The highest BCUT2D eigenvalue weighted by molar-refractivity contribution is 8.00. The summed E-state index contributed by atoms with van der Waals surface area (Å²) in [5.41, 5.74) is 0. The lowest BCUT2D eigenvalue weighted by Gasteiger charge is -2.41. The van der Waals surface area contributed by atoms with E-state index in [0.717, 1.165) is 12.0 Å². The molecule has 3 heterocycles. The molecule has 0 aromatic rings. The van der Waals surface area contributed by atoms with Crippen molar-refractivity contribution in [2.45, 2.75) is 37.1 Å². The van der Waals surface area contributed by atoms with Crippen molar-refractivity contribution in [1.29, 1.82) is 0 Å². The second kappa shape index (κ2) is 3.39. The summed E-state index contributed by atoms with van der Waals surface area (Å²) in [7, 11) is 0. The number of rotatable bonds is 0. The Bertz CT molecular complexity index is 223. The number of thioether (sulfide) groups is 1. The van der Waals surface area contributed by atoms with Crippen molar-refractivity contribution in [2.75, 3.05) is 25.4 Å². The summed E-state index contributed by atoms with van der Waals surface area (Å²) in [4.78, 5) is 3.15. The van der Waals surface area contributed by atoms with Gasteiger partial charge in [-0.1, -0.05) is 6.92 Å². The molecule has 0 aliphatic carbocycles. The Morgan fingerprint density at radius 2 is 2.36 bits per heavy atom. The smallest absolute Gasteiger partial charge is 0.0814 e. The number of nitrogens with one attached hydrogen (secondary N) is 1. The zero-order chi connectivity index (χ0) is 9.60. The van der Waals surface area contributed by atoms with Gasteiger partial charge in [-0.3, -0.25) is 4.90 Å². The van der Waals surface area contributed by atoms with Gasteiger partial charge >= 0.3 is 0 Å². The van der Waals surface area contributed by atoms with Gasteiger partial charge in [0.1, 0.15) is 0 Å². The summed E-state index contributed by atoms with van der Waals surface area (Å²) in [5, 5.41) is 3.84. The molecule has 3 heteroatoms. The van der Waals surface area contributed by atoms with Gasteiger partial charge in [-0.25, -0.2) is 0 Å². The van der Waals surface area contributed by atoms with Gasteiger partial charge in [-0.15, -0.1) is 11.8 Å². The fraction of sp³-hybridized carbons (Fsp3) is 1.00. The van der Waals surface area contributed by atoms with Gasteiger partial charge in [0.25, 0.3) is 0 Å². The van der Waals surface area contributed by atoms with Crippen LogP contribution < -0.4 is 5.32 Å². The molecule has 3 atom stereocenters. The maximum Gasteiger partial charge on any atom is 0.0814 e. The van der Waals surface area contributed by atoms with E-state index in [1.807, 2.05) is 0 Å². The molecule has 3 aliphatic heterocycles. The first-order valence-electron chi connectivity index (χ1n) is 5.93. The largest absolute Gasteiger partial charge is 0.301 e. The molecule has 0 aromatic heterocycles. The van der Waals surface area contributed by atoms with Gasteiger partial charge in [-0.05, 0) is 44.0 Å². The molecule has 14 heavy (non-hydrogen) atoms. The van der Waals surface area contributed by atoms with Crippen molar-refractivity contribution < 1.29 is 0 Å². The third-order valence-electron chi connectivity index (χ3n) is 4.05. The predicted octanol–water partition coefficient (Wildman–Crippen LogP) is 1.52. The Balaban J connectivity index is 1.77. The quantitative estimate of drug-likeness (QED) is 0.655. The van der Waals surface area contributed by atoms with Crippen molar-refractivity contribution >= 4 is 11.8 Å². The number of nitrogens with zero attached hydrogens (tertiary/aromatic N) is 1. The molecule has 1 N–H and O–H groups in total. The molecule has 0 saturated carbocycles. The second-order valence-corrected chi connectivity index (χ2v) is 6.48. The van der Waals surface area contributed by atoms with Crippen LogP contribution in [0.25, 0.3) is 0 Å². The molecule has 0 aromatic carbocycles. The minimum Gasteiger partial charge on any atom is -0.301 e. The Kier molecular flexibility index (Phi) is 2.30. The first-order chi connectivity index (χ1) is 6.80. The highest BCUT2D eigenvalue weighted by atomic mass is 32.2. The van der Waals surface area contributed by atoms with Crippen LogP contribution in [0, 0.1) is 5.92 Å². The zero-order valence-corrected chi connectivity index (χ0v) is 9.78. The Hall–Kier alpha value is 0.270. The molecule has 80 valence electrons. The van der Waals surface area contributed by atoms with E-state index >= 15 is 0 Å². The maximum absolute atomic E-state index is 3.84. The third-order valence-corrected chi connectivity index (χ3v) is 5.92. The fourth-order valence-corrected chi connectivity index (χ4v) is 4.80. The van der Waals surface area contributed by atoms with Crippen LogP contribution in [0.15, 0.2) is 0 Å². The van der Waals surface area contributed by atoms with Crippen molar-refractivity contribution in [2.24, 2.45) is 5.92 Å². The molecule has 0 bridgehead atoms. The van der Waals surface area contributed by atoms with E-state index in [4.69, 9.17) is 0 Å². The lowest BCUT2D eigenvalue weighted by atomic mass is 10.0. The Labute approximate surface area is 90.8 Å². The first-order valence-corrected chi connectivity index (χ1v) is 6.92. The molecule has 0 radical (unpaired) electrons. The summed E-state index contributed by atoms with van der Waals surface area (Å²) < 4.78 is 0. The van der Waals surface area contributed by atoms with Crippen molar-refractivity contribution in [3.63, 3.8) is 0 Å². The Morgan fingerprint density at radius 3 is 3.14 bits per heavy atom.